The number of amides is 2. The van der Waals surface area contributed by atoms with Crippen molar-refractivity contribution in [3.05, 3.63) is 94.8 Å². The zero-order chi connectivity index (χ0) is 23.5. The largest absolute Gasteiger partial charge is 0.463 e. The van der Waals surface area contributed by atoms with E-state index < -0.39 is 29.5 Å². The van der Waals surface area contributed by atoms with E-state index in [-0.39, 0.29) is 11.3 Å². The number of likely N-dealkylation sites (N-methyl/N-ethyl adjacent to an activating group) is 1. The van der Waals surface area contributed by atoms with Crippen molar-refractivity contribution in [1.29, 1.82) is 0 Å². The number of halogens is 3. The van der Waals surface area contributed by atoms with Gasteiger partial charge in [-0.2, -0.15) is 5.10 Å². The second-order valence-corrected chi connectivity index (χ2v) is 7.41. The molecule has 0 bridgehead atoms. The molecule has 0 saturated heterocycles. The van der Waals surface area contributed by atoms with Gasteiger partial charge in [-0.05, 0) is 48.0 Å². The van der Waals surface area contributed by atoms with E-state index >= 15 is 0 Å². The van der Waals surface area contributed by atoms with E-state index in [1.54, 1.807) is 36.4 Å². The summed E-state index contributed by atoms with van der Waals surface area (Å²) >= 11 is 6.11. The number of hydrogen-bond donors (Lipinski definition) is 2. The molecule has 4 aromatic rings. The van der Waals surface area contributed by atoms with Crippen LogP contribution in [-0.4, -0.2) is 28.6 Å². The highest BCUT2D eigenvalue weighted by molar-refractivity contribution is 6.30. The smallest absolute Gasteiger partial charge is 0.272 e. The zero-order valence-electron chi connectivity index (χ0n) is 17.2. The molecule has 33 heavy (non-hydrogen) atoms. The van der Waals surface area contributed by atoms with Gasteiger partial charge in [0.1, 0.15) is 11.7 Å². The third-order valence-electron chi connectivity index (χ3n) is 4.83. The summed E-state index contributed by atoms with van der Waals surface area (Å²) < 4.78 is 34.0. The Hall–Kier alpha value is -3.98. The lowest BCUT2D eigenvalue weighted by Crippen LogP contribution is -2.39. The second-order valence-electron chi connectivity index (χ2n) is 6.98. The third-order valence-corrected chi connectivity index (χ3v) is 5.06. The summed E-state index contributed by atoms with van der Waals surface area (Å²) in [6, 6.07) is 13.4. The van der Waals surface area contributed by atoms with Crippen molar-refractivity contribution in [3.63, 3.8) is 0 Å². The van der Waals surface area contributed by atoms with Crippen LogP contribution in [0.4, 0.5) is 8.78 Å². The monoisotopic (exact) mass is 470 g/mol. The highest BCUT2D eigenvalue weighted by Gasteiger charge is 2.26. The predicted molar refractivity (Wildman–Crippen MR) is 117 cm³/mol. The summed E-state index contributed by atoms with van der Waals surface area (Å²) in [6.45, 7) is 0. The molecule has 0 spiro atoms. The molecule has 0 aliphatic rings. The molecule has 2 aromatic heterocycles. The lowest BCUT2D eigenvalue weighted by Gasteiger charge is -2.17. The van der Waals surface area contributed by atoms with Crippen molar-refractivity contribution in [1.82, 2.24) is 20.4 Å². The van der Waals surface area contributed by atoms with E-state index in [9.17, 15) is 18.4 Å². The van der Waals surface area contributed by atoms with Gasteiger partial charge in [0, 0.05) is 18.1 Å². The van der Waals surface area contributed by atoms with Crippen LogP contribution < -0.4 is 10.6 Å². The highest BCUT2D eigenvalue weighted by atomic mass is 35.5. The molecule has 1 unspecified atom stereocenters. The average Bonchev–Trinajstić information content (AvgIpc) is 3.49. The zero-order valence-corrected chi connectivity index (χ0v) is 17.9. The number of carbonyl (C=O) groups is 2. The third kappa shape index (κ3) is 4.63. The number of hydrogen-bond acceptors (Lipinski definition) is 4. The average molecular weight is 471 g/mol. The van der Waals surface area contributed by atoms with Crippen LogP contribution in [0.2, 0.25) is 5.02 Å². The molecule has 2 aromatic carbocycles. The summed E-state index contributed by atoms with van der Waals surface area (Å²) in [5.41, 5.74) is 1.09. The van der Waals surface area contributed by atoms with Crippen molar-refractivity contribution < 1.29 is 22.8 Å². The molecule has 2 heterocycles. The fourth-order valence-electron chi connectivity index (χ4n) is 3.24. The Balaban J connectivity index is 1.72. The molecule has 0 saturated carbocycles. The van der Waals surface area contributed by atoms with Crippen molar-refractivity contribution in [2.45, 2.75) is 6.04 Å². The van der Waals surface area contributed by atoms with Crippen LogP contribution in [0, 0.1) is 11.6 Å². The first-order chi connectivity index (χ1) is 15.9. The van der Waals surface area contributed by atoms with Gasteiger partial charge < -0.3 is 15.1 Å². The van der Waals surface area contributed by atoms with E-state index in [1.165, 1.54) is 30.1 Å². The van der Waals surface area contributed by atoms with Crippen molar-refractivity contribution in [3.8, 4) is 17.1 Å². The van der Waals surface area contributed by atoms with Crippen LogP contribution in [0.15, 0.2) is 71.3 Å². The lowest BCUT2D eigenvalue weighted by molar-refractivity contribution is -0.122. The first-order valence-corrected chi connectivity index (χ1v) is 10.1. The number of carbonyl (C=O) groups excluding carboxylic acids is 2. The summed E-state index contributed by atoms with van der Waals surface area (Å²) in [6.07, 6.45) is 1.48. The van der Waals surface area contributed by atoms with E-state index in [0.29, 0.717) is 22.2 Å². The Bertz CT molecular complexity index is 1320. The van der Waals surface area contributed by atoms with Crippen LogP contribution in [0.1, 0.15) is 22.1 Å². The van der Waals surface area contributed by atoms with Gasteiger partial charge in [0.05, 0.1) is 12.0 Å². The topological polar surface area (TPSA) is 89.2 Å². The van der Waals surface area contributed by atoms with Gasteiger partial charge in [-0.3, -0.25) is 9.59 Å². The minimum atomic E-state index is -1.28. The maximum Gasteiger partial charge on any atom is 0.272 e. The van der Waals surface area contributed by atoms with E-state index in [0.717, 1.165) is 12.1 Å². The van der Waals surface area contributed by atoms with Gasteiger partial charge in [-0.25, -0.2) is 13.5 Å². The van der Waals surface area contributed by atoms with Crippen molar-refractivity contribution >= 4 is 23.4 Å². The molecule has 168 valence electrons. The quantitative estimate of drug-likeness (QED) is 0.440. The summed E-state index contributed by atoms with van der Waals surface area (Å²) in [5, 5.41) is 9.75. The Morgan fingerprint density at radius 1 is 1.06 bits per heavy atom. The fraction of sp³-hybridized carbons (Fsp3) is 0.0870. The number of rotatable bonds is 6. The molecule has 0 aliphatic carbocycles. The normalized spacial score (nSPS) is 11.8. The van der Waals surface area contributed by atoms with Gasteiger partial charge in [-0.1, -0.05) is 23.7 Å². The number of nitrogens with zero attached hydrogens (tertiary/aromatic N) is 2. The summed E-state index contributed by atoms with van der Waals surface area (Å²) in [7, 11) is 1.37. The summed E-state index contributed by atoms with van der Waals surface area (Å²) in [5.74, 6) is -3.08. The molecular formula is C23H17ClF2N4O3. The number of benzene rings is 2. The minimum Gasteiger partial charge on any atom is -0.463 e. The predicted octanol–water partition coefficient (Wildman–Crippen LogP) is 4.28. The number of furan rings is 1. The van der Waals surface area contributed by atoms with Gasteiger partial charge in [0.15, 0.2) is 23.1 Å². The van der Waals surface area contributed by atoms with Gasteiger partial charge in [-0.15, -0.1) is 0 Å². The lowest BCUT2D eigenvalue weighted by atomic mass is 10.1. The minimum absolute atomic E-state index is 0.0298. The van der Waals surface area contributed by atoms with E-state index in [2.05, 4.69) is 15.7 Å². The van der Waals surface area contributed by atoms with Crippen molar-refractivity contribution in [2.24, 2.45) is 0 Å². The molecular weight excluding hydrogens is 454 g/mol. The van der Waals surface area contributed by atoms with E-state index in [1.807, 2.05) is 0 Å². The van der Waals surface area contributed by atoms with Crippen LogP contribution >= 0.6 is 11.6 Å². The van der Waals surface area contributed by atoms with Gasteiger partial charge >= 0.3 is 0 Å². The molecule has 0 radical (unpaired) electrons. The molecule has 2 amide bonds. The van der Waals surface area contributed by atoms with Crippen molar-refractivity contribution in [2.75, 3.05) is 7.05 Å². The van der Waals surface area contributed by atoms with Gasteiger partial charge in [0.25, 0.3) is 5.91 Å². The molecule has 7 nitrogen and oxygen atoms in total. The molecule has 0 aliphatic heterocycles. The molecule has 2 N–H and O–H groups in total. The Kier molecular flexibility index (Phi) is 6.23. The SMILES string of the molecule is CNC(=O)C(NC(=O)c1cc(-c2ccco2)n(-c2cccc(Cl)c2)n1)c1ccc(F)c(F)c1. The van der Waals surface area contributed by atoms with Crippen LogP contribution in [0.5, 0.6) is 0 Å². The number of nitrogens with one attached hydrogen (secondary N) is 2. The first-order valence-electron chi connectivity index (χ1n) is 9.74. The molecule has 10 heteroatoms. The summed E-state index contributed by atoms with van der Waals surface area (Å²) in [4.78, 5) is 25.4. The van der Waals surface area contributed by atoms with Crippen LogP contribution in [-0.2, 0) is 4.79 Å². The van der Waals surface area contributed by atoms with E-state index in [4.69, 9.17) is 16.0 Å². The second kappa shape index (κ2) is 9.25. The molecule has 1 atom stereocenters. The molecule has 4 rings (SSSR count). The maximum absolute atomic E-state index is 13.7. The standard InChI is InChI=1S/C23H17ClF2N4O3/c1-27-23(32)21(13-7-8-16(25)17(26)10-13)28-22(31)18-12-19(20-6-3-9-33-20)30(29-18)15-5-2-4-14(24)11-15/h2-12,21H,1H3,(H,27,32)(H,28,31). The van der Waals surface area contributed by atoms with Crippen LogP contribution in [0.25, 0.3) is 17.1 Å². The Morgan fingerprint density at radius 3 is 2.55 bits per heavy atom. The fourth-order valence-corrected chi connectivity index (χ4v) is 3.42. The Labute approximate surface area is 192 Å². The van der Waals surface area contributed by atoms with Gasteiger partial charge in [0.2, 0.25) is 5.91 Å². The first kappa shape index (κ1) is 22.2. The highest BCUT2D eigenvalue weighted by Crippen LogP contribution is 2.26. The molecule has 0 fully saturated rings. The maximum atomic E-state index is 13.7. The Morgan fingerprint density at radius 2 is 1.88 bits per heavy atom. The van der Waals surface area contributed by atoms with Crippen LogP contribution in [0.3, 0.4) is 0 Å². The number of aromatic nitrogens is 2.